The average molecular weight is 674 g/mol. The molecular formula is C46H47N3S. The van der Waals surface area contributed by atoms with Crippen molar-refractivity contribution in [3.8, 4) is 39.3 Å². The number of fused-ring (bicyclic) bond motifs is 3. The van der Waals surface area contributed by atoms with Crippen LogP contribution in [0.3, 0.4) is 0 Å². The molecule has 0 saturated carbocycles. The number of rotatable bonds is 4. The predicted octanol–water partition coefficient (Wildman–Crippen LogP) is 12.8. The van der Waals surface area contributed by atoms with Gasteiger partial charge in [-0.05, 0) is 98.7 Å². The van der Waals surface area contributed by atoms with Crippen LogP contribution in [0.4, 0.5) is 0 Å². The van der Waals surface area contributed by atoms with Gasteiger partial charge in [0, 0.05) is 38.7 Å². The van der Waals surface area contributed by atoms with Crippen molar-refractivity contribution in [3.05, 3.63) is 132 Å². The summed E-state index contributed by atoms with van der Waals surface area (Å²) in [6, 6.07) is 39.4. The number of hydrogen-bond donors (Lipinski definition) is 1. The van der Waals surface area contributed by atoms with Crippen molar-refractivity contribution in [2.45, 2.75) is 83.5 Å². The highest BCUT2D eigenvalue weighted by Gasteiger charge is 2.26. The third kappa shape index (κ3) is 6.26. The Balaban J connectivity index is 1.47. The standard InChI is InChI=1S/C46H47N3S/c1-44(2,3)32-18-21-41-36(26-32)35-19-20-39(37-27-33(45(4,5)6)28-38(42(37)50)46(7,8)9)48-43(35)49(41)34-17-13-16-31(24-34)40-25-30(22-23-47-40)29-14-11-10-12-15-29/h10-28,50H,1-9H3. The summed E-state index contributed by atoms with van der Waals surface area (Å²) in [5, 5.41) is 2.33. The molecule has 3 aromatic heterocycles. The number of pyridine rings is 2. The maximum absolute atomic E-state index is 5.51. The molecule has 4 aromatic carbocycles. The van der Waals surface area contributed by atoms with Gasteiger partial charge in [-0.1, -0.05) is 117 Å². The zero-order valence-corrected chi connectivity index (χ0v) is 31.7. The van der Waals surface area contributed by atoms with Gasteiger partial charge in [0.1, 0.15) is 5.65 Å². The molecule has 7 aromatic rings. The van der Waals surface area contributed by atoms with Crippen LogP contribution >= 0.6 is 12.6 Å². The van der Waals surface area contributed by atoms with E-state index in [1.165, 1.54) is 27.6 Å². The molecule has 4 heteroatoms. The molecule has 0 radical (unpaired) electrons. The average Bonchev–Trinajstić information content (AvgIpc) is 3.40. The number of nitrogens with zero attached hydrogens (tertiary/aromatic N) is 3. The molecule has 252 valence electrons. The third-order valence-electron chi connectivity index (χ3n) is 9.81. The predicted molar refractivity (Wildman–Crippen MR) is 216 cm³/mol. The molecule has 0 N–H and O–H groups in total. The van der Waals surface area contributed by atoms with E-state index in [1.54, 1.807) is 0 Å². The fourth-order valence-corrected chi connectivity index (χ4v) is 7.38. The first-order valence-electron chi connectivity index (χ1n) is 17.6. The Morgan fingerprint density at radius 2 is 1.26 bits per heavy atom. The number of aromatic nitrogens is 3. The van der Waals surface area contributed by atoms with E-state index >= 15 is 0 Å². The summed E-state index contributed by atoms with van der Waals surface area (Å²) in [4.78, 5) is 11.3. The van der Waals surface area contributed by atoms with E-state index in [1.807, 2.05) is 12.3 Å². The molecule has 50 heavy (non-hydrogen) atoms. The Labute approximate surface area is 302 Å². The minimum absolute atomic E-state index is 0.0169. The van der Waals surface area contributed by atoms with Crippen molar-refractivity contribution >= 4 is 34.6 Å². The molecule has 0 saturated heterocycles. The van der Waals surface area contributed by atoms with Crippen molar-refractivity contribution < 1.29 is 0 Å². The summed E-state index contributed by atoms with van der Waals surface area (Å²) < 4.78 is 2.32. The summed E-state index contributed by atoms with van der Waals surface area (Å²) in [6.07, 6.45) is 1.90. The SMILES string of the molecule is CC(C)(C)c1cc(-c2ccc3c4cc(C(C)(C)C)ccc4n(-c4cccc(-c5cc(-c6ccccc6)ccn5)c4)c3n2)c(S)c(C(C)(C)C)c1. The van der Waals surface area contributed by atoms with E-state index in [2.05, 4.69) is 170 Å². The molecular weight excluding hydrogens is 627 g/mol. The first-order valence-corrected chi connectivity index (χ1v) is 18.0. The van der Waals surface area contributed by atoms with Crippen LogP contribution < -0.4 is 0 Å². The molecule has 0 aliphatic rings. The molecule has 0 bridgehead atoms. The smallest absolute Gasteiger partial charge is 0.146 e. The first kappa shape index (κ1) is 33.8. The van der Waals surface area contributed by atoms with E-state index < -0.39 is 0 Å². The minimum atomic E-state index is -0.0677. The quantitative estimate of drug-likeness (QED) is 0.189. The van der Waals surface area contributed by atoms with Crippen molar-refractivity contribution in [3.63, 3.8) is 0 Å². The summed E-state index contributed by atoms with van der Waals surface area (Å²) >= 11 is 5.18. The van der Waals surface area contributed by atoms with Crippen LogP contribution in [0.5, 0.6) is 0 Å². The Morgan fingerprint density at radius 1 is 0.540 bits per heavy atom. The van der Waals surface area contributed by atoms with Gasteiger partial charge >= 0.3 is 0 Å². The lowest BCUT2D eigenvalue weighted by Gasteiger charge is -2.28. The number of hydrogen-bond acceptors (Lipinski definition) is 3. The zero-order chi connectivity index (χ0) is 35.6. The van der Waals surface area contributed by atoms with Crippen molar-refractivity contribution in [2.75, 3.05) is 0 Å². The highest BCUT2D eigenvalue weighted by Crippen LogP contribution is 2.41. The molecule has 0 spiro atoms. The van der Waals surface area contributed by atoms with Gasteiger partial charge in [-0.2, -0.15) is 0 Å². The second-order valence-electron chi connectivity index (χ2n) is 16.7. The topological polar surface area (TPSA) is 30.7 Å². The molecule has 0 atom stereocenters. The summed E-state index contributed by atoms with van der Waals surface area (Å²) in [5.41, 5.74) is 13.2. The second-order valence-corrected chi connectivity index (χ2v) is 17.1. The van der Waals surface area contributed by atoms with Gasteiger partial charge in [0.25, 0.3) is 0 Å². The normalized spacial score (nSPS) is 12.6. The Hall–Kier alpha value is -4.67. The van der Waals surface area contributed by atoms with E-state index in [-0.39, 0.29) is 16.2 Å². The summed E-state index contributed by atoms with van der Waals surface area (Å²) in [6.45, 7) is 20.4. The molecule has 0 aliphatic heterocycles. The maximum Gasteiger partial charge on any atom is 0.146 e. The van der Waals surface area contributed by atoms with Gasteiger partial charge < -0.3 is 0 Å². The van der Waals surface area contributed by atoms with Crippen LogP contribution in [-0.2, 0) is 16.2 Å². The van der Waals surface area contributed by atoms with Crippen LogP contribution in [0, 0.1) is 0 Å². The second kappa shape index (κ2) is 12.3. The van der Waals surface area contributed by atoms with Gasteiger partial charge in [0.15, 0.2) is 0 Å². The summed E-state index contributed by atoms with van der Waals surface area (Å²) in [7, 11) is 0. The highest BCUT2D eigenvalue weighted by atomic mass is 32.1. The number of thiol groups is 1. The fraction of sp³-hybridized carbons (Fsp3) is 0.261. The summed E-state index contributed by atoms with van der Waals surface area (Å²) in [5.74, 6) is 0. The van der Waals surface area contributed by atoms with Gasteiger partial charge in [0.2, 0.25) is 0 Å². The minimum Gasteiger partial charge on any atom is -0.294 e. The lowest BCUT2D eigenvalue weighted by molar-refractivity contribution is 0.560. The van der Waals surface area contributed by atoms with Crippen LogP contribution in [0.15, 0.2) is 120 Å². The lowest BCUT2D eigenvalue weighted by atomic mass is 9.79. The van der Waals surface area contributed by atoms with Crippen molar-refractivity contribution in [1.29, 1.82) is 0 Å². The Morgan fingerprint density at radius 3 is 1.96 bits per heavy atom. The first-order chi connectivity index (χ1) is 23.6. The molecule has 0 unspecified atom stereocenters. The van der Waals surface area contributed by atoms with Gasteiger partial charge in [-0.15, -0.1) is 12.6 Å². The fourth-order valence-electron chi connectivity index (χ4n) is 6.81. The van der Waals surface area contributed by atoms with Gasteiger partial charge in [-0.3, -0.25) is 9.55 Å². The molecule has 0 amide bonds. The Kier molecular flexibility index (Phi) is 8.30. The molecule has 0 aliphatic carbocycles. The van der Waals surface area contributed by atoms with Crippen LogP contribution in [0.25, 0.3) is 61.3 Å². The maximum atomic E-state index is 5.51. The van der Waals surface area contributed by atoms with E-state index in [9.17, 15) is 0 Å². The van der Waals surface area contributed by atoms with Crippen molar-refractivity contribution in [2.24, 2.45) is 0 Å². The van der Waals surface area contributed by atoms with Gasteiger partial charge in [-0.25, -0.2) is 4.98 Å². The van der Waals surface area contributed by atoms with Crippen LogP contribution in [-0.4, -0.2) is 14.5 Å². The van der Waals surface area contributed by atoms with Crippen LogP contribution in [0.1, 0.15) is 79.0 Å². The zero-order valence-electron chi connectivity index (χ0n) is 30.8. The highest BCUT2D eigenvalue weighted by molar-refractivity contribution is 7.80. The van der Waals surface area contributed by atoms with Gasteiger partial charge in [0.05, 0.1) is 16.9 Å². The molecule has 7 rings (SSSR count). The largest absolute Gasteiger partial charge is 0.294 e. The Bertz CT molecular complexity index is 2380. The molecule has 0 fully saturated rings. The van der Waals surface area contributed by atoms with Crippen molar-refractivity contribution in [1.82, 2.24) is 14.5 Å². The lowest BCUT2D eigenvalue weighted by Crippen LogP contribution is -2.17. The van der Waals surface area contributed by atoms with Crippen LogP contribution in [0.2, 0.25) is 0 Å². The molecule has 3 heterocycles. The van der Waals surface area contributed by atoms with E-state index in [0.717, 1.165) is 55.2 Å². The number of benzene rings is 4. The third-order valence-corrected chi connectivity index (χ3v) is 10.3. The van der Waals surface area contributed by atoms with E-state index in [0.29, 0.717) is 0 Å². The monoisotopic (exact) mass is 673 g/mol. The van der Waals surface area contributed by atoms with E-state index in [4.69, 9.17) is 22.6 Å². The molecule has 3 nitrogen and oxygen atoms in total.